The van der Waals surface area contributed by atoms with Crippen LogP contribution in [0.25, 0.3) is 0 Å². The van der Waals surface area contributed by atoms with Crippen LogP contribution in [0.15, 0.2) is 36.4 Å². The smallest absolute Gasteiger partial charge is 0.322 e. The summed E-state index contributed by atoms with van der Waals surface area (Å²) in [7, 11) is 0. The van der Waals surface area contributed by atoms with E-state index in [0.29, 0.717) is 68.1 Å². The van der Waals surface area contributed by atoms with Gasteiger partial charge in [-0.25, -0.2) is 9.59 Å². The Morgan fingerprint density at radius 1 is 0.900 bits per heavy atom. The third-order valence-electron chi connectivity index (χ3n) is 4.72. The van der Waals surface area contributed by atoms with Gasteiger partial charge >= 0.3 is 12.1 Å². The second-order valence-corrected chi connectivity index (χ2v) is 6.87. The first-order valence-corrected chi connectivity index (χ1v) is 9.88. The zero-order chi connectivity index (χ0) is 20.9. The molecule has 0 radical (unpaired) electrons. The lowest BCUT2D eigenvalue weighted by atomic mass is 10.1. The SMILES string of the molecule is CCNC(=O)Nc1ccc2c(c1)CN(C(=O)Nc1ccc3c(c1)OCCO3)CCO2. The van der Waals surface area contributed by atoms with Crippen LogP contribution in [0, 0.1) is 0 Å². The number of carbonyl (C=O) groups excluding carboxylic acids is 2. The van der Waals surface area contributed by atoms with Crippen LogP contribution in [0.5, 0.6) is 17.2 Å². The molecule has 2 heterocycles. The Bertz CT molecular complexity index is 949. The maximum absolute atomic E-state index is 12.9. The van der Waals surface area contributed by atoms with E-state index in [1.165, 1.54) is 0 Å². The number of urea groups is 2. The Hall–Kier alpha value is -3.62. The molecule has 30 heavy (non-hydrogen) atoms. The highest BCUT2D eigenvalue weighted by Gasteiger charge is 2.21. The minimum Gasteiger partial charge on any atom is -0.491 e. The van der Waals surface area contributed by atoms with Crippen LogP contribution in [-0.4, -0.2) is 49.9 Å². The molecule has 0 bridgehead atoms. The normalized spacial score (nSPS) is 14.6. The molecular formula is C21H24N4O5. The quantitative estimate of drug-likeness (QED) is 0.719. The molecule has 9 heteroatoms. The number of anilines is 2. The summed E-state index contributed by atoms with van der Waals surface area (Å²) in [5, 5.41) is 8.36. The monoisotopic (exact) mass is 412 g/mol. The second-order valence-electron chi connectivity index (χ2n) is 6.87. The fourth-order valence-electron chi connectivity index (χ4n) is 3.30. The molecule has 0 spiro atoms. The number of nitrogens with one attached hydrogen (secondary N) is 3. The van der Waals surface area contributed by atoms with Crippen LogP contribution in [0.3, 0.4) is 0 Å². The molecule has 0 unspecified atom stereocenters. The van der Waals surface area contributed by atoms with Gasteiger partial charge in [0, 0.05) is 29.5 Å². The molecule has 158 valence electrons. The molecular weight excluding hydrogens is 388 g/mol. The minimum atomic E-state index is -0.278. The molecule has 3 N–H and O–H groups in total. The van der Waals surface area contributed by atoms with E-state index in [4.69, 9.17) is 14.2 Å². The number of rotatable bonds is 3. The van der Waals surface area contributed by atoms with E-state index in [1.54, 1.807) is 35.2 Å². The molecule has 0 aliphatic carbocycles. The first-order chi connectivity index (χ1) is 14.6. The largest absolute Gasteiger partial charge is 0.491 e. The van der Waals surface area contributed by atoms with Gasteiger partial charge in [0.25, 0.3) is 0 Å². The Morgan fingerprint density at radius 2 is 1.60 bits per heavy atom. The molecule has 9 nitrogen and oxygen atoms in total. The Labute approximate surface area is 174 Å². The predicted octanol–water partition coefficient (Wildman–Crippen LogP) is 3.03. The molecule has 2 aliphatic heterocycles. The Balaban J connectivity index is 1.45. The van der Waals surface area contributed by atoms with Crippen molar-refractivity contribution < 1.29 is 23.8 Å². The third-order valence-corrected chi connectivity index (χ3v) is 4.72. The summed E-state index contributed by atoms with van der Waals surface area (Å²) in [6.07, 6.45) is 0. The molecule has 2 aromatic rings. The predicted molar refractivity (Wildman–Crippen MR) is 111 cm³/mol. The number of nitrogens with zero attached hydrogens (tertiary/aromatic N) is 1. The second kappa shape index (κ2) is 8.81. The Morgan fingerprint density at radius 3 is 2.40 bits per heavy atom. The van der Waals surface area contributed by atoms with Gasteiger partial charge in [-0.3, -0.25) is 0 Å². The van der Waals surface area contributed by atoms with Crippen LogP contribution in [0.4, 0.5) is 21.0 Å². The van der Waals surface area contributed by atoms with E-state index in [1.807, 2.05) is 13.0 Å². The van der Waals surface area contributed by atoms with Gasteiger partial charge < -0.3 is 35.1 Å². The highest BCUT2D eigenvalue weighted by Crippen LogP contribution is 2.33. The van der Waals surface area contributed by atoms with Crippen LogP contribution in [0.1, 0.15) is 12.5 Å². The van der Waals surface area contributed by atoms with E-state index < -0.39 is 0 Å². The number of amides is 4. The zero-order valence-electron chi connectivity index (χ0n) is 16.7. The highest BCUT2D eigenvalue weighted by molar-refractivity contribution is 5.90. The average Bonchev–Trinajstić information content (AvgIpc) is 2.96. The van der Waals surface area contributed by atoms with Crippen molar-refractivity contribution in [1.29, 1.82) is 0 Å². The average molecular weight is 412 g/mol. The first-order valence-electron chi connectivity index (χ1n) is 9.88. The van der Waals surface area contributed by atoms with Crippen molar-refractivity contribution in [2.45, 2.75) is 13.5 Å². The molecule has 2 aromatic carbocycles. The highest BCUT2D eigenvalue weighted by atomic mass is 16.6. The molecule has 2 aliphatic rings. The topological polar surface area (TPSA) is 101 Å². The zero-order valence-corrected chi connectivity index (χ0v) is 16.7. The molecule has 4 amide bonds. The van der Waals surface area contributed by atoms with E-state index in [0.717, 1.165) is 5.56 Å². The van der Waals surface area contributed by atoms with Gasteiger partial charge in [-0.1, -0.05) is 0 Å². The summed E-state index contributed by atoms with van der Waals surface area (Å²) in [5.74, 6) is 1.99. The van der Waals surface area contributed by atoms with Gasteiger partial charge in [0.1, 0.15) is 25.6 Å². The van der Waals surface area contributed by atoms with Crippen LogP contribution in [0.2, 0.25) is 0 Å². The number of fused-ring (bicyclic) bond motifs is 2. The van der Waals surface area contributed by atoms with Crippen molar-refractivity contribution >= 4 is 23.4 Å². The fraction of sp³-hybridized carbons (Fsp3) is 0.333. The van der Waals surface area contributed by atoms with Gasteiger partial charge in [-0.2, -0.15) is 0 Å². The molecule has 0 aromatic heterocycles. The summed E-state index contributed by atoms with van der Waals surface area (Å²) in [4.78, 5) is 26.3. The third kappa shape index (κ3) is 4.51. The van der Waals surface area contributed by atoms with Gasteiger partial charge in [-0.05, 0) is 37.3 Å². The minimum absolute atomic E-state index is 0.245. The van der Waals surface area contributed by atoms with Crippen LogP contribution >= 0.6 is 0 Å². The van der Waals surface area contributed by atoms with Gasteiger partial charge in [0.15, 0.2) is 11.5 Å². The number of benzene rings is 2. The number of carbonyl (C=O) groups is 2. The molecule has 0 saturated carbocycles. The van der Waals surface area contributed by atoms with Gasteiger partial charge in [0.05, 0.1) is 13.1 Å². The van der Waals surface area contributed by atoms with Crippen LogP contribution in [-0.2, 0) is 6.54 Å². The lowest BCUT2D eigenvalue weighted by molar-refractivity contribution is 0.171. The van der Waals surface area contributed by atoms with Crippen molar-refractivity contribution in [3.63, 3.8) is 0 Å². The first kappa shape index (κ1) is 19.7. The summed E-state index contributed by atoms with van der Waals surface area (Å²) in [5.41, 5.74) is 2.08. The van der Waals surface area contributed by atoms with E-state index in [9.17, 15) is 9.59 Å². The number of hydrogen-bond donors (Lipinski definition) is 3. The fourth-order valence-corrected chi connectivity index (χ4v) is 3.30. The summed E-state index contributed by atoms with van der Waals surface area (Å²) in [6, 6.07) is 10.2. The maximum Gasteiger partial charge on any atom is 0.322 e. The Kier molecular flexibility index (Phi) is 5.78. The lowest BCUT2D eigenvalue weighted by Gasteiger charge is -2.22. The standard InChI is InChI=1S/C21H24N4O5/c1-2-22-20(26)23-15-3-5-17-14(11-15)13-25(7-8-28-17)21(27)24-16-4-6-18-19(12-16)30-10-9-29-18/h3-6,11-12H,2,7-10,13H2,1H3,(H,24,27)(H2,22,23,26). The molecule has 0 fully saturated rings. The lowest BCUT2D eigenvalue weighted by Crippen LogP contribution is -2.36. The summed E-state index contributed by atoms with van der Waals surface area (Å²) >= 11 is 0. The van der Waals surface area contributed by atoms with Crippen molar-refractivity contribution in [1.82, 2.24) is 10.2 Å². The van der Waals surface area contributed by atoms with E-state index >= 15 is 0 Å². The molecule has 4 rings (SSSR count). The van der Waals surface area contributed by atoms with Gasteiger partial charge in [-0.15, -0.1) is 0 Å². The summed E-state index contributed by atoms with van der Waals surface area (Å²) < 4.78 is 16.9. The van der Waals surface area contributed by atoms with Crippen LogP contribution < -0.4 is 30.2 Å². The van der Waals surface area contributed by atoms with Gasteiger partial charge in [0.2, 0.25) is 0 Å². The van der Waals surface area contributed by atoms with Crippen molar-refractivity contribution in [2.24, 2.45) is 0 Å². The number of hydrogen-bond acceptors (Lipinski definition) is 5. The van der Waals surface area contributed by atoms with Crippen molar-refractivity contribution in [2.75, 3.05) is 43.5 Å². The van der Waals surface area contributed by atoms with Crippen molar-refractivity contribution in [3.8, 4) is 17.2 Å². The van der Waals surface area contributed by atoms with E-state index in [2.05, 4.69) is 16.0 Å². The molecule has 0 atom stereocenters. The van der Waals surface area contributed by atoms with E-state index in [-0.39, 0.29) is 12.1 Å². The van der Waals surface area contributed by atoms with Crippen molar-refractivity contribution in [3.05, 3.63) is 42.0 Å². The maximum atomic E-state index is 12.9. The summed E-state index contributed by atoms with van der Waals surface area (Å²) in [6.45, 7) is 4.56. The molecule has 0 saturated heterocycles. The number of ether oxygens (including phenoxy) is 3.